The summed E-state index contributed by atoms with van der Waals surface area (Å²) < 4.78 is 24.5. The molecule has 0 radical (unpaired) electrons. The van der Waals surface area contributed by atoms with E-state index in [1.54, 1.807) is 6.92 Å². The summed E-state index contributed by atoms with van der Waals surface area (Å²) >= 11 is 0. The summed E-state index contributed by atoms with van der Waals surface area (Å²) in [6, 6.07) is 9.74. The van der Waals surface area contributed by atoms with Gasteiger partial charge in [-0.1, -0.05) is 0 Å². The number of anilines is 1. The van der Waals surface area contributed by atoms with Gasteiger partial charge in [0.1, 0.15) is 0 Å². The third-order valence-corrected chi connectivity index (χ3v) is 6.15. The maximum atomic E-state index is 10.9. The average Bonchev–Trinajstić information content (AvgIpc) is 3.14. The molecule has 0 bridgehead atoms. The van der Waals surface area contributed by atoms with Crippen LogP contribution >= 0.6 is 7.82 Å². The Bertz CT molecular complexity index is 1040. The van der Waals surface area contributed by atoms with Crippen LogP contribution in [-0.4, -0.2) is 62.5 Å². The number of fused-ring (bicyclic) bond motifs is 1. The van der Waals surface area contributed by atoms with Crippen LogP contribution in [0, 0.1) is 0 Å². The van der Waals surface area contributed by atoms with Crippen molar-refractivity contribution in [2.24, 2.45) is 0 Å². The van der Waals surface area contributed by atoms with E-state index in [4.69, 9.17) is 24.3 Å². The first-order valence-corrected chi connectivity index (χ1v) is 12.1. The summed E-state index contributed by atoms with van der Waals surface area (Å²) in [7, 11) is -1.89. The molecule has 0 saturated carbocycles. The number of hydrogen-bond donors (Lipinski definition) is 3. The standard InChI is InChI=1S/C18H25BN5O6P/c1-11-7-28-31(19,26)29-9-13(25)17(30-11)24-16-14(15(20)21-10-22-16)23-18(24)27-8-12-5-3-2-4-6-12/h2-6,10-11,13,17,25-26,31H,7-9,19H2,1H3,(H2,20,21,22)/t11-,13-,17+/m0/s1. The molecule has 3 atom stereocenters. The molecule has 2 aromatic heterocycles. The molecule has 1 aromatic carbocycles. The van der Waals surface area contributed by atoms with Crippen LogP contribution in [0.1, 0.15) is 18.7 Å². The number of ether oxygens (including phenoxy) is 2. The van der Waals surface area contributed by atoms with Crippen molar-refractivity contribution >= 4 is 32.4 Å². The van der Waals surface area contributed by atoms with Crippen molar-refractivity contribution in [2.45, 2.75) is 32.0 Å². The van der Waals surface area contributed by atoms with Gasteiger partial charge in [0.25, 0.3) is 0 Å². The van der Waals surface area contributed by atoms with Gasteiger partial charge in [0.05, 0.1) is 0 Å². The Balaban J connectivity index is 1.73. The second-order valence-corrected chi connectivity index (χ2v) is 9.77. The molecule has 1 fully saturated rings. The van der Waals surface area contributed by atoms with Crippen LogP contribution < -0.4 is 10.5 Å². The van der Waals surface area contributed by atoms with E-state index in [1.165, 1.54) is 18.5 Å². The van der Waals surface area contributed by atoms with Crippen LogP contribution in [0.25, 0.3) is 11.2 Å². The minimum absolute atomic E-state index is 0.0897. The number of imidazole rings is 1. The van der Waals surface area contributed by atoms with E-state index in [9.17, 15) is 10.00 Å². The van der Waals surface area contributed by atoms with E-state index in [0.29, 0.717) is 11.2 Å². The number of nitrogen functional groups attached to an aromatic ring is 1. The summed E-state index contributed by atoms with van der Waals surface area (Å²) in [6.45, 7) is 1.88. The number of rotatable bonds is 4. The average molecular weight is 449 g/mol. The summed E-state index contributed by atoms with van der Waals surface area (Å²) in [5.74, 6) is 0.175. The van der Waals surface area contributed by atoms with E-state index in [2.05, 4.69) is 15.0 Å². The van der Waals surface area contributed by atoms with Crippen molar-refractivity contribution in [3.05, 3.63) is 42.2 Å². The number of aliphatic hydroxyl groups excluding tert-OH is 1. The van der Waals surface area contributed by atoms with Gasteiger partial charge >= 0.3 is 180 Å². The first kappa shape index (κ1) is 21.9. The Morgan fingerprint density at radius 1 is 1.26 bits per heavy atom. The molecule has 3 aromatic rings. The normalized spacial score (nSPS) is 25.3. The number of aromatic nitrogens is 4. The van der Waals surface area contributed by atoms with Crippen LogP contribution in [0.4, 0.5) is 5.82 Å². The molecule has 166 valence electrons. The van der Waals surface area contributed by atoms with Crippen LogP contribution in [0.2, 0.25) is 0 Å². The number of hydrogen-bond acceptors (Lipinski definition) is 10. The quantitative estimate of drug-likeness (QED) is 0.376. The molecule has 1 aliphatic heterocycles. The molecular weight excluding hydrogens is 424 g/mol. The van der Waals surface area contributed by atoms with E-state index in [0.717, 1.165) is 5.56 Å². The molecular formula is C18H25BN5O6P. The van der Waals surface area contributed by atoms with Crippen LogP contribution in [0.5, 0.6) is 6.01 Å². The van der Waals surface area contributed by atoms with Gasteiger partial charge in [-0.15, -0.1) is 0 Å². The molecule has 0 spiro atoms. The molecule has 3 heterocycles. The predicted molar refractivity (Wildman–Crippen MR) is 117 cm³/mol. The Hall–Kier alpha value is -2.34. The van der Waals surface area contributed by atoms with E-state index in [1.807, 2.05) is 30.3 Å². The van der Waals surface area contributed by atoms with Gasteiger partial charge < -0.3 is 0 Å². The van der Waals surface area contributed by atoms with E-state index >= 15 is 0 Å². The van der Waals surface area contributed by atoms with Gasteiger partial charge in [-0.05, 0) is 0 Å². The number of benzene rings is 1. The number of nitrogens with two attached hydrogens (primary N) is 1. The van der Waals surface area contributed by atoms with Gasteiger partial charge in [-0.2, -0.15) is 0 Å². The monoisotopic (exact) mass is 449 g/mol. The first-order chi connectivity index (χ1) is 14.8. The van der Waals surface area contributed by atoms with Gasteiger partial charge in [0, 0.05) is 0 Å². The fourth-order valence-corrected chi connectivity index (χ4v) is 4.30. The van der Waals surface area contributed by atoms with Gasteiger partial charge in [-0.3, -0.25) is 0 Å². The molecule has 4 N–H and O–H groups in total. The zero-order chi connectivity index (χ0) is 22.0. The number of aliphatic hydroxyl groups is 1. The van der Waals surface area contributed by atoms with Crippen molar-refractivity contribution in [1.82, 2.24) is 19.5 Å². The van der Waals surface area contributed by atoms with Crippen molar-refractivity contribution in [2.75, 3.05) is 18.9 Å². The Labute approximate surface area is 180 Å². The SMILES string of the molecule is B[PH]1(O)OC[C@H](C)O[C@@H](n2c(OCc3ccccc3)nc3c(N)ncnc32)[C@@H](O)CO1. The van der Waals surface area contributed by atoms with Gasteiger partial charge in [-0.25, -0.2) is 0 Å². The molecule has 0 amide bonds. The topological polar surface area (TPSA) is 147 Å². The fraction of sp³-hybridized carbons (Fsp3) is 0.389. The molecule has 13 heteroatoms. The maximum absolute atomic E-state index is 10.9. The first-order valence-electron chi connectivity index (χ1n) is 9.83. The second-order valence-electron chi connectivity index (χ2n) is 7.39. The molecule has 1 saturated heterocycles. The Morgan fingerprint density at radius 3 is 2.77 bits per heavy atom. The van der Waals surface area contributed by atoms with E-state index in [-0.39, 0.29) is 31.6 Å². The Morgan fingerprint density at radius 2 is 2.00 bits per heavy atom. The van der Waals surface area contributed by atoms with Gasteiger partial charge in [0.2, 0.25) is 0 Å². The van der Waals surface area contributed by atoms with Crippen LogP contribution in [0.3, 0.4) is 0 Å². The van der Waals surface area contributed by atoms with Crippen molar-refractivity contribution in [3.63, 3.8) is 0 Å². The van der Waals surface area contributed by atoms with Gasteiger partial charge in [0.15, 0.2) is 0 Å². The molecule has 1 aliphatic rings. The fourth-order valence-electron chi connectivity index (χ4n) is 3.20. The third kappa shape index (κ3) is 4.95. The summed E-state index contributed by atoms with van der Waals surface area (Å²) in [5.41, 5.74) is 7.60. The molecule has 31 heavy (non-hydrogen) atoms. The van der Waals surface area contributed by atoms with Crippen LogP contribution in [-0.2, 0) is 20.4 Å². The van der Waals surface area contributed by atoms with Crippen molar-refractivity contribution in [3.8, 4) is 6.01 Å². The molecule has 11 nitrogen and oxygen atoms in total. The molecule has 0 aliphatic carbocycles. The zero-order valence-electron chi connectivity index (χ0n) is 17.2. The molecule has 0 unspecified atom stereocenters. The van der Waals surface area contributed by atoms with Crippen molar-refractivity contribution in [1.29, 1.82) is 0 Å². The third-order valence-electron chi connectivity index (χ3n) is 4.75. The van der Waals surface area contributed by atoms with E-state index < -0.39 is 26.3 Å². The predicted octanol–water partition coefficient (Wildman–Crippen LogP) is 0.334. The van der Waals surface area contributed by atoms with Crippen LogP contribution in [0.15, 0.2) is 36.7 Å². The molecule has 4 rings (SSSR count). The second kappa shape index (κ2) is 9.03. The zero-order valence-corrected chi connectivity index (χ0v) is 18.2. The summed E-state index contributed by atoms with van der Waals surface area (Å²) in [5, 5.41) is 10.9. The number of nitrogens with zero attached hydrogens (tertiary/aromatic N) is 4. The van der Waals surface area contributed by atoms with Crippen molar-refractivity contribution < 1.29 is 28.5 Å². The minimum atomic E-state index is -3.38. The Kier molecular flexibility index (Phi) is 6.38. The summed E-state index contributed by atoms with van der Waals surface area (Å²) in [4.78, 5) is 23.0. The summed E-state index contributed by atoms with van der Waals surface area (Å²) in [6.07, 6.45) is -1.32.